The molecule has 0 radical (unpaired) electrons. The minimum atomic E-state index is -1.60. The van der Waals surface area contributed by atoms with E-state index in [1.165, 1.54) is 38.5 Å². The van der Waals surface area contributed by atoms with Crippen molar-refractivity contribution in [1.82, 2.24) is 16.0 Å². The highest BCUT2D eigenvalue weighted by Gasteiger charge is 2.23. The number of nitrogens with one attached hydrogen (secondary N) is 3. The van der Waals surface area contributed by atoms with E-state index < -0.39 is 66.5 Å². The Bertz CT molecular complexity index is 2000. The van der Waals surface area contributed by atoms with Gasteiger partial charge < -0.3 is 64.3 Å². The molecule has 3 amide bonds. The largest absolute Gasteiger partial charge is 0.464 e. The minimum absolute atomic E-state index is 0.169. The number of nitrogens with two attached hydrogens (primary N) is 2. The van der Waals surface area contributed by atoms with Gasteiger partial charge in [0.1, 0.15) is 18.7 Å². The summed E-state index contributed by atoms with van der Waals surface area (Å²) in [6.07, 6.45) is 46.9. The van der Waals surface area contributed by atoms with Gasteiger partial charge >= 0.3 is 23.9 Å². The molecule has 0 bridgehead atoms. The molecule has 0 fully saturated rings. The fraction of sp³-hybridized carbons (Fsp3) is 0.767. The number of amides is 3. The lowest BCUT2D eigenvalue weighted by Gasteiger charge is -2.19. The van der Waals surface area contributed by atoms with Crippen LogP contribution in [0, 0.1) is 5.92 Å². The van der Waals surface area contributed by atoms with Crippen molar-refractivity contribution in [3.8, 4) is 0 Å². The third kappa shape index (κ3) is 62.8. The van der Waals surface area contributed by atoms with Crippen molar-refractivity contribution in [2.45, 2.75) is 257 Å². The van der Waals surface area contributed by atoms with Crippen LogP contribution in [0.3, 0.4) is 0 Å². The number of esters is 4. The summed E-state index contributed by atoms with van der Waals surface area (Å²) in [5.74, 6) is -4.04. The molecular weight excluding hydrogens is 1200 g/mol. The maximum Gasteiger partial charge on any atom is 0.362 e. The molecule has 2 unspecified atom stereocenters. The zero-order valence-corrected chi connectivity index (χ0v) is 58.5. The van der Waals surface area contributed by atoms with Crippen molar-refractivity contribution in [2.75, 3.05) is 99.0 Å². The van der Waals surface area contributed by atoms with Crippen LogP contribution in [0.4, 0.5) is 0 Å². The van der Waals surface area contributed by atoms with Gasteiger partial charge in [-0.05, 0) is 121 Å². The number of rotatable bonds is 69. The van der Waals surface area contributed by atoms with Gasteiger partial charge in [-0.2, -0.15) is 0 Å². The third-order valence-corrected chi connectivity index (χ3v) is 15.0. The molecule has 94 heavy (non-hydrogen) atoms. The molecule has 0 aromatic carbocycles. The second-order valence-electron chi connectivity index (χ2n) is 23.7. The van der Waals surface area contributed by atoms with E-state index in [9.17, 15) is 33.6 Å². The number of hydrogen-bond donors (Lipinski definition) is 5. The van der Waals surface area contributed by atoms with Gasteiger partial charge in [0, 0.05) is 39.1 Å². The molecule has 21 nitrogen and oxygen atoms in total. The number of carbonyl (C=O) groups excluding carboxylic acids is 7. The molecular formula is C73H129N5O16. The average Bonchev–Trinajstić information content (AvgIpc) is 2.41. The lowest BCUT2D eigenvalue weighted by atomic mass is 10.1. The Morgan fingerprint density at radius 1 is 0.415 bits per heavy atom. The Kier molecular flexibility index (Phi) is 65.2. The molecule has 21 heteroatoms. The van der Waals surface area contributed by atoms with Crippen molar-refractivity contribution in [3.63, 3.8) is 0 Å². The molecule has 0 rings (SSSR count). The van der Waals surface area contributed by atoms with E-state index in [0.717, 1.165) is 116 Å². The van der Waals surface area contributed by atoms with Gasteiger partial charge in [-0.1, -0.05) is 153 Å². The van der Waals surface area contributed by atoms with Crippen LogP contribution in [0.5, 0.6) is 0 Å². The van der Waals surface area contributed by atoms with Gasteiger partial charge in [-0.25, -0.2) is 4.79 Å². The van der Waals surface area contributed by atoms with Crippen molar-refractivity contribution >= 4 is 41.6 Å². The molecule has 0 aromatic heterocycles. The number of carbonyl (C=O) groups is 7. The zero-order chi connectivity index (χ0) is 68.8. The molecule has 0 aliphatic rings. The van der Waals surface area contributed by atoms with E-state index in [2.05, 4.69) is 91.9 Å². The van der Waals surface area contributed by atoms with Crippen LogP contribution in [-0.2, 0) is 76.2 Å². The lowest BCUT2D eigenvalue weighted by Crippen LogP contribution is -2.47. The Labute approximate surface area is 566 Å². The zero-order valence-electron chi connectivity index (χ0n) is 58.5. The molecule has 0 aliphatic carbocycles. The van der Waals surface area contributed by atoms with Gasteiger partial charge in [-0.3, -0.25) is 34.5 Å². The molecule has 0 saturated carbocycles. The van der Waals surface area contributed by atoms with E-state index in [0.29, 0.717) is 104 Å². The number of ether oxygens (including phenoxy) is 9. The van der Waals surface area contributed by atoms with E-state index in [-0.39, 0.29) is 58.4 Å². The van der Waals surface area contributed by atoms with Gasteiger partial charge in [0.2, 0.25) is 23.9 Å². The first-order valence-electron chi connectivity index (χ1n) is 36.0. The van der Waals surface area contributed by atoms with Crippen LogP contribution in [0.2, 0.25) is 0 Å². The maximum absolute atomic E-state index is 13.4. The standard InChI is InChI=1S/C73H129N5O16/c1-5-8-10-12-14-16-18-20-22-24-26-28-30-32-34-38-52-91-72(84)64(74)62-93-68(81)46-45-67(80)78-65(71(83)77-49-41-51-87-55-57-89-59-61-90-60-58-88-56-54-86-50-40-42-63(4)7-3)43-36-37-48-76-66(79)44-47-69(82)94-70(75)73(85)92-53-39-35-33-31-29-27-25-23-21-19-17-15-13-11-9-6-2/h7,14-17,20-23,63-65,70H,3,5-6,8-13,18-19,24-62,74-75H2,1-2,4H3,(H,76,79)(H,77,83)(H,78,80)/b16-14-,17-15-,22-20-,23-21-/t63?,64-,65?,70-/m1/s1. The maximum atomic E-state index is 13.4. The molecule has 0 saturated heterocycles. The summed E-state index contributed by atoms with van der Waals surface area (Å²) in [5, 5.41) is 8.26. The Hall–Kier alpha value is -5.29. The van der Waals surface area contributed by atoms with Crippen molar-refractivity contribution in [2.24, 2.45) is 17.4 Å². The van der Waals surface area contributed by atoms with Crippen LogP contribution in [0.15, 0.2) is 61.3 Å². The first-order valence-corrected chi connectivity index (χ1v) is 36.0. The quantitative estimate of drug-likeness (QED) is 0.0124. The predicted octanol–water partition coefficient (Wildman–Crippen LogP) is 11.9. The Morgan fingerprint density at radius 2 is 0.851 bits per heavy atom. The minimum Gasteiger partial charge on any atom is -0.464 e. The highest BCUT2D eigenvalue weighted by Crippen LogP contribution is 2.12. The normalized spacial score (nSPS) is 12.9. The molecule has 4 atom stereocenters. The van der Waals surface area contributed by atoms with Crippen LogP contribution in [-0.4, -0.2) is 159 Å². The number of hydrogen-bond acceptors (Lipinski definition) is 18. The van der Waals surface area contributed by atoms with E-state index in [1.807, 2.05) is 6.08 Å². The fourth-order valence-electron chi connectivity index (χ4n) is 9.16. The molecule has 0 spiro atoms. The summed E-state index contributed by atoms with van der Waals surface area (Å²) >= 11 is 0. The number of unbranched alkanes of at least 4 members (excludes halogenated alkanes) is 19. The van der Waals surface area contributed by atoms with E-state index in [1.54, 1.807) is 0 Å². The van der Waals surface area contributed by atoms with Gasteiger partial charge in [-0.15, -0.1) is 6.58 Å². The van der Waals surface area contributed by atoms with E-state index in [4.69, 9.17) is 54.1 Å². The van der Waals surface area contributed by atoms with Gasteiger partial charge in [0.15, 0.2) is 0 Å². The van der Waals surface area contributed by atoms with Crippen molar-refractivity contribution in [3.05, 3.63) is 61.3 Å². The summed E-state index contributed by atoms with van der Waals surface area (Å²) < 4.78 is 48.5. The highest BCUT2D eigenvalue weighted by atomic mass is 16.6. The molecule has 0 heterocycles. The second-order valence-corrected chi connectivity index (χ2v) is 23.7. The molecule has 0 aromatic rings. The summed E-state index contributed by atoms with van der Waals surface area (Å²) in [6.45, 7) is 15.4. The Morgan fingerprint density at radius 3 is 1.36 bits per heavy atom. The first kappa shape index (κ1) is 88.7. The monoisotopic (exact) mass is 1330 g/mol. The second kappa shape index (κ2) is 69.1. The first-order chi connectivity index (χ1) is 45.8. The molecule has 0 aliphatic heterocycles. The van der Waals surface area contributed by atoms with Crippen LogP contribution >= 0.6 is 0 Å². The molecule has 7 N–H and O–H groups in total. The highest BCUT2D eigenvalue weighted by molar-refractivity contribution is 5.89. The van der Waals surface area contributed by atoms with Crippen molar-refractivity contribution in [1.29, 1.82) is 0 Å². The lowest BCUT2D eigenvalue weighted by molar-refractivity contribution is -0.167. The number of allylic oxidation sites excluding steroid dienone is 9. The van der Waals surface area contributed by atoms with Crippen LogP contribution in [0.25, 0.3) is 0 Å². The Balaban J connectivity index is 4.70. The average molecular weight is 1330 g/mol. The van der Waals surface area contributed by atoms with E-state index >= 15 is 0 Å². The smallest absolute Gasteiger partial charge is 0.362 e. The SMILES string of the molecule is C=CC(C)CCCOCCOCCOCCOCCOCCCNC(=O)C(CCCCNC(=O)CCC(=O)O[C@@H](N)C(=O)OCCCCCCCC/C=C\C/C=C\CCCCC)NC(=O)CCC(=O)OC[C@@H](N)C(=O)OCCCCCCCC/C=C\C/C=C\CCCCC. The van der Waals surface area contributed by atoms with Gasteiger partial charge in [0.25, 0.3) is 0 Å². The summed E-state index contributed by atoms with van der Waals surface area (Å²) in [7, 11) is 0. The molecule has 542 valence electrons. The topological polar surface area (TPSA) is 291 Å². The van der Waals surface area contributed by atoms with Crippen molar-refractivity contribution < 1.29 is 76.2 Å². The third-order valence-electron chi connectivity index (χ3n) is 15.0. The summed E-state index contributed by atoms with van der Waals surface area (Å²) in [4.78, 5) is 88.9. The fourth-order valence-corrected chi connectivity index (χ4v) is 9.16. The van der Waals surface area contributed by atoms with Crippen LogP contribution < -0.4 is 27.4 Å². The predicted molar refractivity (Wildman–Crippen MR) is 371 cm³/mol. The van der Waals surface area contributed by atoms with Crippen LogP contribution in [0.1, 0.15) is 239 Å². The summed E-state index contributed by atoms with van der Waals surface area (Å²) in [6, 6.07) is -2.14. The summed E-state index contributed by atoms with van der Waals surface area (Å²) in [5.41, 5.74) is 11.7. The van der Waals surface area contributed by atoms with Gasteiger partial charge in [0.05, 0.1) is 78.9 Å².